The van der Waals surface area contributed by atoms with Gasteiger partial charge in [0.15, 0.2) is 0 Å². The molecule has 114 valence electrons. The van der Waals surface area contributed by atoms with E-state index >= 15 is 0 Å². The number of carboxylic acid groups (broad SMARTS) is 1. The quantitative estimate of drug-likeness (QED) is 0.906. The Hall–Kier alpha value is -1.84. The summed E-state index contributed by atoms with van der Waals surface area (Å²) < 4.78 is 0. The van der Waals surface area contributed by atoms with Crippen molar-refractivity contribution in [3.05, 3.63) is 35.9 Å². The number of carbonyl (C=O) groups is 2. The average Bonchev–Trinajstić information content (AvgIpc) is 3.27. The molecule has 0 unspecified atom stereocenters. The van der Waals surface area contributed by atoms with Crippen LogP contribution in [0.3, 0.4) is 0 Å². The largest absolute Gasteiger partial charge is 0.481 e. The van der Waals surface area contributed by atoms with Gasteiger partial charge in [-0.25, -0.2) is 0 Å². The summed E-state index contributed by atoms with van der Waals surface area (Å²) in [4.78, 5) is 26.0. The standard InChI is InChI=1S/C17H23NO3/c1-12(13-8-6-5-7-9-13)18(4)14(19)17(10-11-17)16(2,3)15(20)21/h5-9,12H,10-11H2,1-4H3,(H,20,21)/t12-/m1/s1. The lowest BCUT2D eigenvalue weighted by molar-refractivity contribution is -0.159. The Bertz CT molecular complexity index is 546. The lowest BCUT2D eigenvalue weighted by Gasteiger charge is -2.35. The molecule has 1 amide bonds. The van der Waals surface area contributed by atoms with Gasteiger partial charge in [-0.2, -0.15) is 0 Å². The number of hydrogen-bond acceptors (Lipinski definition) is 2. The fraction of sp³-hybridized carbons (Fsp3) is 0.529. The van der Waals surface area contributed by atoms with Gasteiger partial charge in [-0.3, -0.25) is 9.59 Å². The van der Waals surface area contributed by atoms with Crippen LogP contribution in [0.25, 0.3) is 0 Å². The molecule has 0 radical (unpaired) electrons. The lowest BCUT2D eigenvalue weighted by atomic mass is 9.74. The van der Waals surface area contributed by atoms with Crippen molar-refractivity contribution in [3.63, 3.8) is 0 Å². The van der Waals surface area contributed by atoms with Crippen LogP contribution in [0.15, 0.2) is 30.3 Å². The van der Waals surface area contributed by atoms with E-state index in [4.69, 9.17) is 0 Å². The molecule has 21 heavy (non-hydrogen) atoms. The van der Waals surface area contributed by atoms with E-state index in [1.165, 1.54) is 0 Å². The minimum atomic E-state index is -1.03. The van der Waals surface area contributed by atoms with Crippen LogP contribution < -0.4 is 0 Å². The van der Waals surface area contributed by atoms with Crippen molar-refractivity contribution in [2.45, 2.75) is 39.7 Å². The van der Waals surface area contributed by atoms with Crippen molar-refractivity contribution < 1.29 is 14.7 Å². The molecule has 1 saturated carbocycles. The van der Waals surface area contributed by atoms with Crippen molar-refractivity contribution in [1.29, 1.82) is 0 Å². The zero-order valence-corrected chi connectivity index (χ0v) is 13.1. The van der Waals surface area contributed by atoms with Crippen LogP contribution in [-0.2, 0) is 9.59 Å². The summed E-state index contributed by atoms with van der Waals surface area (Å²) in [6, 6.07) is 9.72. The van der Waals surface area contributed by atoms with E-state index in [-0.39, 0.29) is 11.9 Å². The molecule has 1 aliphatic rings. The van der Waals surface area contributed by atoms with Gasteiger partial charge in [-0.05, 0) is 39.2 Å². The third-order valence-corrected chi connectivity index (χ3v) is 5.07. The first kappa shape index (κ1) is 15.5. The highest BCUT2D eigenvalue weighted by Crippen LogP contribution is 2.60. The van der Waals surface area contributed by atoms with Gasteiger partial charge in [-0.15, -0.1) is 0 Å². The molecule has 4 nitrogen and oxygen atoms in total. The minimum Gasteiger partial charge on any atom is -0.481 e. The molecule has 0 saturated heterocycles. The zero-order valence-electron chi connectivity index (χ0n) is 13.1. The Morgan fingerprint density at radius 2 is 1.76 bits per heavy atom. The van der Waals surface area contributed by atoms with Crippen molar-refractivity contribution in [3.8, 4) is 0 Å². The summed E-state index contributed by atoms with van der Waals surface area (Å²) in [5.41, 5.74) is -0.733. The predicted octanol–water partition coefficient (Wildman–Crippen LogP) is 3.10. The third kappa shape index (κ3) is 2.43. The summed E-state index contributed by atoms with van der Waals surface area (Å²) >= 11 is 0. The molecule has 0 aromatic heterocycles. The second-order valence-corrected chi connectivity index (χ2v) is 6.51. The number of rotatable bonds is 5. The van der Waals surface area contributed by atoms with Crippen LogP contribution in [0, 0.1) is 10.8 Å². The number of carboxylic acids is 1. The van der Waals surface area contributed by atoms with Crippen molar-refractivity contribution in [1.82, 2.24) is 4.90 Å². The van der Waals surface area contributed by atoms with Crippen molar-refractivity contribution in [2.24, 2.45) is 10.8 Å². The Morgan fingerprint density at radius 1 is 1.24 bits per heavy atom. The fourth-order valence-corrected chi connectivity index (χ4v) is 2.90. The lowest BCUT2D eigenvalue weighted by Crippen LogP contribution is -2.46. The van der Waals surface area contributed by atoms with Gasteiger partial charge in [0.2, 0.25) is 5.91 Å². The number of nitrogens with zero attached hydrogens (tertiary/aromatic N) is 1. The maximum atomic E-state index is 12.9. The van der Waals surface area contributed by atoms with Gasteiger partial charge in [0.1, 0.15) is 0 Å². The Balaban J connectivity index is 2.22. The predicted molar refractivity (Wildman–Crippen MR) is 80.7 cm³/mol. The molecule has 1 aromatic rings. The van der Waals surface area contributed by atoms with E-state index < -0.39 is 16.8 Å². The Morgan fingerprint density at radius 3 is 2.19 bits per heavy atom. The first-order valence-corrected chi connectivity index (χ1v) is 7.29. The summed E-state index contributed by atoms with van der Waals surface area (Å²) in [5.74, 6) is -0.972. The monoisotopic (exact) mass is 289 g/mol. The normalized spacial score (nSPS) is 17.9. The molecular weight excluding hydrogens is 266 g/mol. The van der Waals surface area contributed by atoms with Crippen LogP contribution in [0.2, 0.25) is 0 Å². The van der Waals surface area contributed by atoms with Crippen molar-refractivity contribution >= 4 is 11.9 Å². The van der Waals surface area contributed by atoms with Gasteiger partial charge in [0.05, 0.1) is 16.9 Å². The molecule has 1 N–H and O–H groups in total. The van der Waals surface area contributed by atoms with Crippen LogP contribution in [0.1, 0.15) is 45.2 Å². The second-order valence-electron chi connectivity index (χ2n) is 6.51. The Labute approximate surface area is 125 Å². The van der Waals surface area contributed by atoms with E-state index in [2.05, 4.69) is 0 Å². The van der Waals surface area contributed by atoms with E-state index in [9.17, 15) is 14.7 Å². The topological polar surface area (TPSA) is 57.6 Å². The van der Waals surface area contributed by atoms with Gasteiger partial charge in [0.25, 0.3) is 0 Å². The SMILES string of the molecule is C[C@H](c1ccccc1)N(C)C(=O)C1(C(C)(C)C(=O)O)CC1. The summed E-state index contributed by atoms with van der Waals surface area (Å²) in [6.45, 7) is 5.28. The van der Waals surface area contributed by atoms with Crippen LogP contribution in [-0.4, -0.2) is 28.9 Å². The maximum absolute atomic E-state index is 12.9. The third-order valence-electron chi connectivity index (χ3n) is 5.07. The smallest absolute Gasteiger partial charge is 0.310 e. The summed E-state index contributed by atoms with van der Waals surface area (Å²) in [6.07, 6.45) is 1.30. The molecule has 0 spiro atoms. The molecule has 4 heteroatoms. The van der Waals surface area contributed by atoms with Crippen LogP contribution >= 0.6 is 0 Å². The first-order valence-electron chi connectivity index (χ1n) is 7.29. The molecule has 2 rings (SSSR count). The highest BCUT2D eigenvalue weighted by Gasteiger charge is 2.64. The zero-order chi connectivity index (χ0) is 15.8. The van der Waals surface area contributed by atoms with E-state index in [1.807, 2.05) is 37.3 Å². The van der Waals surface area contributed by atoms with E-state index in [0.29, 0.717) is 12.8 Å². The summed E-state index contributed by atoms with van der Waals surface area (Å²) in [7, 11) is 1.76. The van der Waals surface area contributed by atoms with Crippen molar-refractivity contribution in [2.75, 3.05) is 7.05 Å². The molecule has 0 heterocycles. The number of amides is 1. The summed E-state index contributed by atoms with van der Waals surface area (Å²) in [5, 5.41) is 9.43. The molecule has 1 fully saturated rings. The van der Waals surface area contributed by atoms with E-state index in [0.717, 1.165) is 5.56 Å². The van der Waals surface area contributed by atoms with Gasteiger partial charge in [-0.1, -0.05) is 30.3 Å². The number of benzene rings is 1. The second kappa shape index (κ2) is 5.17. The average molecular weight is 289 g/mol. The maximum Gasteiger partial charge on any atom is 0.310 e. The molecule has 1 atom stereocenters. The number of carbonyl (C=O) groups excluding carboxylic acids is 1. The minimum absolute atomic E-state index is 0.0637. The van der Waals surface area contributed by atoms with Gasteiger partial charge >= 0.3 is 5.97 Å². The first-order chi connectivity index (χ1) is 9.74. The highest BCUT2D eigenvalue weighted by atomic mass is 16.4. The molecule has 1 aromatic carbocycles. The number of aliphatic carboxylic acids is 1. The number of hydrogen-bond donors (Lipinski definition) is 1. The van der Waals surface area contributed by atoms with E-state index in [1.54, 1.807) is 25.8 Å². The van der Waals surface area contributed by atoms with Gasteiger partial charge in [0, 0.05) is 7.05 Å². The van der Waals surface area contributed by atoms with Crippen LogP contribution in [0.5, 0.6) is 0 Å². The molecule has 1 aliphatic carbocycles. The fourth-order valence-electron chi connectivity index (χ4n) is 2.90. The van der Waals surface area contributed by atoms with Crippen LogP contribution in [0.4, 0.5) is 0 Å². The van der Waals surface area contributed by atoms with Gasteiger partial charge < -0.3 is 10.0 Å². The highest BCUT2D eigenvalue weighted by molar-refractivity contribution is 5.92. The molecular formula is C17H23NO3. The molecule has 0 bridgehead atoms. The Kier molecular flexibility index (Phi) is 3.83. The molecule has 0 aliphatic heterocycles.